The van der Waals surface area contributed by atoms with Crippen molar-refractivity contribution in [3.63, 3.8) is 0 Å². The number of carboxylic acids is 1. The van der Waals surface area contributed by atoms with Gasteiger partial charge in [-0.25, -0.2) is 9.59 Å². The van der Waals surface area contributed by atoms with E-state index in [-0.39, 0.29) is 11.3 Å². The number of aliphatic hydroxyl groups is 1. The van der Waals surface area contributed by atoms with Crippen LogP contribution in [-0.2, 0) is 14.3 Å². The predicted molar refractivity (Wildman–Crippen MR) is 53.1 cm³/mol. The Morgan fingerprint density at radius 3 is 2.20 bits per heavy atom. The lowest BCUT2D eigenvalue weighted by Crippen LogP contribution is -2.11. The molecule has 0 aliphatic heterocycles. The smallest absolute Gasteiger partial charge is 0.377 e. The minimum absolute atomic E-state index is 0.0465. The van der Waals surface area contributed by atoms with Crippen molar-refractivity contribution in [1.29, 1.82) is 0 Å². The molecule has 0 heterocycles. The van der Waals surface area contributed by atoms with Crippen LogP contribution in [-0.4, -0.2) is 22.2 Å². The van der Waals surface area contributed by atoms with E-state index in [0.717, 1.165) is 0 Å². The third-order valence-corrected chi connectivity index (χ3v) is 1.67. The lowest BCUT2D eigenvalue weighted by atomic mass is 10.2. The van der Waals surface area contributed by atoms with Crippen LogP contribution < -0.4 is 0 Å². The molecular formula is C10H14O5. The van der Waals surface area contributed by atoms with Gasteiger partial charge < -0.3 is 14.9 Å². The second-order valence-electron chi connectivity index (χ2n) is 2.94. The first kappa shape index (κ1) is 13.2. The molecule has 15 heavy (non-hydrogen) atoms. The summed E-state index contributed by atoms with van der Waals surface area (Å²) in [4.78, 5) is 21.6. The third-order valence-electron chi connectivity index (χ3n) is 1.67. The number of carbonyl (C=O) groups is 2. The maximum absolute atomic E-state index is 11.0. The van der Waals surface area contributed by atoms with Crippen LogP contribution in [0, 0.1) is 0 Å². The summed E-state index contributed by atoms with van der Waals surface area (Å²) in [6, 6.07) is 0. The number of esters is 1. The van der Waals surface area contributed by atoms with E-state index in [4.69, 9.17) is 10.2 Å². The first-order chi connectivity index (χ1) is 6.90. The lowest BCUT2D eigenvalue weighted by Gasteiger charge is -2.08. The van der Waals surface area contributed by atoms with Crippen LogP contribution >= 0.6 is 0 Å². The Labute approximate surface area is 87.7 Å². The molecular weight excluding hydrogens is 200 g/mol. The molecule has 0 bridgehead atoms. The SMILES string of the molecule is C=C(O)C(=O)OC(CCC)=C(C)C(=O)O. The van der Waals surface area contributed by atoms with Crippen molar-refractivity contribution in [2.45, 2.75) is 26.7 Å². The number of aliphatic carboxylic acids is 1. The fraction of sp³-hybridized carbons (Fsp3) is 0.400. The minimum atomic E-state index is -1.16. The van der Waals surface area contributed by atoms with Crippen LogP contribution in [0.1, 0.15) is 26.7 Å². The van der Waals surface area contributed by atoms with E-state index in [9.17, 15) is 9.59 Å². The van der Waals surface area contributed by atoms with Crippen LogP contribution in [0.3, 0.4) is 0 Å². The number of rotatable bonds is 5. The van der Waals surface area contributed by atoms with E-state index >= 15 is 0 Å². The van der Waals surface area contributed by atoms with Crippen LogP contribution in [0.4, 0.5) is 0 Å². The molecule has 0 amide bonds. The molecule has 0 saturated heterocycles. The molecule has 0 atom stereocenters. The van der Waals surface area contributed by atoms with Crippen LogP contribution in [0.2, 0.25) is 0 Å². The number of aliphatic hydroxyl groups excluding tert-OH is 1. The molecule has 0 rings (SSSR count). The highest BCUT2D eigenvalue weighted by Gasteiger charge is 2.15. The second kappa shape index (κ2) is 5.85. The standard InChI is InChI=1S/C10H14O5/c1-4-5-8(6(2)9(12)13)15-10(14)7(3)11/h11H,3-5H2,1-2H3,(H,12,13). The van der Waals surface area contributed by atoms with E-state index in [2.05, 4.69) is 11.3 Å². The molecule has 5 heteroatoms. The molecule has 0 saturated carbocycles. The highest BCUT2D eigenvalue weighted by Crippen LogP contribution is 2.14. The number of hydrogen-bond acceptors (Lipinski definition) is 4. The van der Waals surface area contributed by atoms with Crippen molar-refractivity contribution in [2.75, 3.05) is 0 Å². The van der Waals surface area contributed by atoms with Crippen molar-refractivity contribution in [3.05, 3.63) is 23.7 Å². The van der Waals surface area contributed by atoms with Gasteiger partial charge in [0.15, 0.2) is 5.76 Å². The Morgan fingerprint density at radius 2 is 1.87 bits per heavy atom. The summed E-state index contributed by atoms with van der Waals surface area (Å²) in [5, 5.41) is 17.4. The average molecular weight is 214 g/mol. The Morgan fingerprint density at radius 1 is 1.33 bits per heavy atom. The van der Waals surface area contributed by atoms with Crippen LogP contribution in [0.15, 0.2) is 23.7 Å². The summed E-state index contributed by atoms with van der Waals surface area (Å²) in [5.41, 5.74) is -0.0496. The highest BCUT2D eigenvalue weighted by molar-refractivity contribution is 5.89. The molecule has 84 valence electrons. The van der Waals surface area contributed by atoms with Gasteiger partial charge in [-0.3, -0.25) is 0 Å². The Bertz CT molecular complexity index is 314. The summed E-state index contributed by atoms with van der Waals surface area (Å²) in [6.45, 7) is 6.13. The average Bonchev–Trinajstić information content (AvgIpc) is 2.15. The van der Waals surface area contributed by atoms with E-state index in [1.54, 1.807) is 0 Å². The maximum Gasteiger partial charge on any atom is 0.377 e. The zero-order chi connectivity index (χ0) is 12.0. The number of hydrogen-bond donors (Lipinski definition) is 2. The van der Waals surface area contributed by atoms with Gasteiger partial charge in [0, 0.05) is 6.42 Å². The molecule has 0 fully saturated rings. The molecule has 5 nitrogen and oxygen atoms in total. The third kappa shape index (κ3) is 4.30. The zero-order valence-electron chi connectivity index (χ0n) is 8.74. The van der Waals surface area contributed by atoms with Gasteiger partial charge in [0.2, 0.25) is 0 Å². The quantitative estimate of drug-likeness (QED) is 0.414. The monoisotopic (exact) mass is 214 g/mol. The lowest BCUT2D eigenvalue weighted by molar-refractivity contribution is -0.138. The van der Waals surface area contributed by atoms with Crippen molar-refractivity contribution in [2.24, 2.45) is 0 Å². The van der Waals surface area contributed by atoms with Gasteiger partial charge in [-0.15, -0.1) is 0 Å². The topological polar surface area (TPSA) is 83.8 Å². The highest BCUT2D eigenvalue weighted by atomic mass is 16.5. The van der Waals surface area contributed by atoms with Crippen molar-refractivity contribution in [3.8, 4) is 0 Å². The van der Waals surface area contributed by atoms with E-state index < -0.39 is 17.7 Å². The molecule has 0 radical (unpaired) electrons. The molecule has 0 spiro atoms. The van der Waals surface area contributed by atoms with E-state index in [1.165, 1.54) is 6.92 Å². The molecule has 0 aliphatic rings. The largest absolute Gasteiger partial charge is 0.502 e. The maximum atomic E-state index is 11.0. The number of carboxylic acid groups (broad SMARTS) is 1. The molecule has 0 aromatic heterocycles. The fourth-order valence-corrected chi connectivity index (χ4v) is 0.832. The van der Waals surface area contributed by atoms with Gasteiger partial charge in [0.05, 0.1) is 5.57 Å². The van der Waals surface area contributed by atoms with Gasteiger partial charge in [-0.2, -0.15) is 0 Å². The molecule has 0 aliphatic carbocycles. The van der Waals surface area contributed by atoms with Gasteiger partial charge >= 0.3 is 11.9 Å². The van der Waals surface area contributed by atoms with Crippen LogP contribution in [0.25, 0.3) is 0 Å². The fourth-order valence-electron chi connectivity index (χ4n) is 0.832. The van der Waals surface area contributed by atoms with Crippen molar-refractivity contribution < 1.29 is 24.5 Å². The van der Waals surface area contributed by atoms with Gasteiger partial charge in [-0.1, -0.05) is 6.92 Å². The molecule has 0 aromatic carbocycles. The summed E-state index contributed by atoms with van der Waals surface area (Å²) in [6.07, 6.45) is 0.947. The Balaban J connectivity index is 4.83. The van der Waals surface area contributed by atoms with Gasteiger partial charge in [0.1, 0.15) is 5.76 Å². The van der Waals surface area contributed by atoms with Gasteiger partial charge in [0.25, 0.3) is 0 Å². The van der Waals surface area contributed by atoms with Crippen molar-refractivity contribution in [1.82, 2.24) is 0 Å². The normalized spacial score (nSPS) is 11.6. The molecule has 0 unspecified atom stereocenters. The minimum Gasteiger partial charge on any atom is -0.502 e. The van der Waals surface area contributed by atoms with E-state index in [1.807, 2.05) is 6.92 Å². The van der Waals surface area contributed by atoms with Gasteiger partial charge in [-0.05, 0) is 19.9 Å². The van der Waals surface area contributed by atoms with E-state index in [0.29, 0.717) is 12.8 Å². The number of ether oxygens (including phenoxy) is 1. The summed E-state index contributed by atoms with van der Waals surface area (Å²) < 4.78 is 4.69. The molecule has 0 aromatic rings. The number of carbonyl (C=O) groups excluding carboxylic acids is 1. The predicted octanol–water partition coefficient (Wildman–Crippen LogP) is 1.76. The summed E-state index contributed by atoms with van der Waals surface area (Å²) >= 11 is 0. The Hall–Kier alpha value is -1.78. The first-order valence-corrected chi connectivity index (χ1v) is 4.43. The molecule has 2 N–H and O–H groups in total. The van der Waals surface area contributed by atoms with Crippen molar-refractivity contribution >= 4 is 11.9 Å². The van der Waals surface area contributed by atoms with Crippen LogP contribution in [0.5, 0.6) is 0 Å². The first-order valence-electron chi connectivity index (χ1n) is 4.43. The summed E-state index contributed by atoms with van der Waals surface area (Å²) in [5.74, 6) is -2.89. The summed E-state index contributed by atoms with van der Waals surface area (Å²) in [7, 11) is 0. The Kier molecular flexibility index (Phi) is 5.15. The zero-order valence-corrected chi connectivity index (χ0v) is 8.74. The number of allylic oxidation sites excluding steroid dienone is 1. The second-order valence-corrected chi connectivity index (χ2v) is 2.94.